The molecule has 2 aromatic carbocycles. The Hall–Kier alpha value is -2.10. The number of carboxylic acids is 1. The lowest BCUT2D eigenvalue weighted by atomic mass is 9.81. The van der Waals surface area contributed by atoms with Crippen LogP contribution in [0.2, 0.25) is 5.02 Å². The summed E-state index contributed by atoms with van der Waals surface area (Å²) in [4.78, 5) is 19.9. The van der Waals surface area contributed by atoms with Gasteiger partial charge in [-0.05, 0) is 46.7 Å². The minimum Gasteiger partial charge on any atom is -0.478 e. The Labute approximate surface area is 212 Å². The Morgan fingerprint density at radius 3 is 2.49 bits per heavy atom. The summed E-state index contributed by atoms with van der Waals surface area (Å²) < 4.78 is 21.2. The molecule has 5 rings (SSSR count). The van der Waals surface area contributed by atoms with Crippen molar-refractivity contribution in [3.05, 3.63) is 63.7 Å². The van der Waals surface area contributed by atoms with E-state index in [4.69, 9.17) is 21.5 Å². The molecule has 35 heavy (non-hydrogen) atoms. The van der Waals surface area contributed by atoms with E-state index in [-0.39, 0.29) is 16.6 Å². The van der Waals surface area contributed by atoms with Crippen molar-refractivity contribution in [3.8, 4) is 0 Å². The summed E-state index contributed by atoms with van der Waals surface area (Å²) in [5, 5.41) is 13.9. The van der Waals surface area contributed by atoms with Gasteiger partial charge in [0.2, 0.25) is 0 Å². The molecule has 3 N–H and O–H groups in total. The summed E-state index contributed by atoms with van der Waals surface area (Å²) in [5.74, 6) is -0.587. The summed E-state index contributed by atoms with van der Waals surface area (Å²) in [7, 11) is -2.85. The van der Waals surface area contributed by atoms with Crippen molar-refractivity contribution >= 4 is 33.9 Å². The fourth-order valence-corrected chi connectivity index (χ4v) is 8.01. The van der Waals surface area contributed by atoms with E-state index >= 15 is 0 Å². The van der Waals surface area contributed by atoms with Crippen LogP contribution in [-0.2, 0) is 16.8 Å². The molecule has 0 aromatic heterocycles. The molecule has 1 spiro atoms. The van der Waals surface area contributed by atoms with Crippen LogP contribution < -0.4 is 0 Å². The van der Waals surface area contributed by atoms with E-state index in [0.29, 0.717) is 28.5 Å². The largest absolute Gasteiger partial charge is 0.478 e. The third-order valence-electron chi connectivity index (χ3n) is 7.65. The molecule has 3 heterocycles. The first-order valence-electron chi connectivity index (χ1n) is 11.9. The van der Waals surface area contributed by atoms with Gasteiger partial charge >= 0.3 is 5.97 Å². The normalized spacial score (nSPS) is 23.3. The lowest BCUT2D eigenvalue weighted by molar-refractivity contribution is -0.0627. The van der Waals surface area contributed by atoms with Gasteiger partial charge in [-0.15, -0.1) is 0 Å². The summed E-state index contributed by atoms with van der Waals surface area (Å²) in [6, 6.07) is 10.8. The first-order valence-corrected chi connectivity index (χ1v) is 14.0. The van der Waals surface area contributed by atoms with Gasteiger partial charge < -0.3 is 9.94 Å². The standard InChI is InChI=1S/C26H31ClN2O5S/c1-25(2)9-12-35(32,33)23-20(25)13-17(14-21(23)27)16-29-10-7-26(8-11-29)15-22(28-34-26)18-3-5-19(6-4-18)24(30)31/h3-6,13-14,32-33H,7-12,15-16H2,1-2H3,(H,30,31). The van der Waals surface area contributed by atoms with Gasteiger partial charge in [0, 0.05) is 44.6 Å². The van der Waals surface area contributed by atoms with E-state index in [1.54, 1.807) is 24.3 Å². The highest BCUT2D eigenvalue weighted by Gasteiger charge is 2.43. The molecule has 0 amide bonds. The molecular weight excluding hydrogens is 488 g/mol. The van der Waals surface area contributed by atoms with Gasteiger partial charge in [0.05, 0.1) is 21.2 Å². The predicted octanol–water partition coefficient (Wildman–Crippen LogP) is 5.99. The molecule has 0 saturated carbocycles. The quantitative estimate of drug-likeness (QED) is 0.459. The third-order valence-corrected chi connectivity index (χ3v) is 9.93. The summed E-state index contributed by atoms with van der Waals surface area (Å²) in [5.41, 5.74) is 3.57. The number of hydrogen-bond acceptors (Lipinski definition) is 6. The van der Waals surface area contributed by atoms with Crippen molar-refractivity contribution in [3.63, 3.8) is 0 Å². The molecule has 9 heteroatoms. The van der Waals surface area contributed by atoms with Crippen LogP contribution >= 0.6 is 22.2 Å². The Bertz CT molecular complexity index is 1190. The zero-order valence-electron chi connectivity index (χ0n) is 20.0. The molecule has 0 atom stereocenters. The van der Waals surface area contributed by atoms with E-state index in [1.807, 2.05) is 6.07 Å². The average Bonchev–Trinajstić information content (AvgIpc) is 3.22. The Balaban J connectivity index is 1.24. The predicted molar refractivity (Wildman–Crippen MR) is 138 cm³/mol. The number of piperidine rings is 1. The van der Waals surface area contributed by atoms with Crippen molar-refractivity contribution in [2.75, 3.05) is 18.8 Å². The second-order valence-electron chi connectivity index (χ2n) is 10.6. The smallest absolute Gasteiger partial charge is 0.335 e. The molecule has 1 fully saturated rings. The maximum atomic E-state index is 11.1. The topological polar surface area (TPSA) is 103 Å². The fraction of sp³-hybridized carbons (Fsp3) is 0.462. The van der Waals surface area contributed by atoms with Crippen LogP contribution in [-0.4, -0.2) is 55.2 Å². The monoisotopic (exact) mass is 518 g/mol. The highest BCUT2D eigenvalue weighted by atomic mass is 35.5. The van der Waals surface area contributed by atoms with Crippen molar-refractivity contribution in [2.45, 2.75) is 62.0 Å². The van der Waals surface area contributed by atoms with Crippen LogP contribution in [0.4, 0.5) is 0 Å². The van der Waals surface area contributed by atoms with Crippen LogP contribution in [0.1, 0.15) is 66.6 Å². The van der Waals surface area contributed by atoms with E-state index in [2.05, 4.69) is 30.0 Å². The summed E-state index contributed by atoms with van der Waals surface area (Å²) in [6.45, 7) is 6.72. The van der Waals surface area contributed by atoms with Gasteiger partial charge in [-0.1, -0.05) is 48.8 Å². The second kappa shape index (κ2) is 8.78. The maximum Gasteiger partial charge on any atom is 0.335 e. The van der Waals surface area contributed by atoms with Gasteiger partial charge in [-0.25, -0.2) is 4.79 Å². The van der Waals surface area contributed by atoms with Crippen molar-refractivity contribution in [1.82, 2.24) is 4.90 Å². The van der Waals surface area contributed by atoms with Gasteiger partial charge in [-0.3, -0.25) is 14.0 Å². The number of fused-ring (bicyclic) bond motifs is 1. The first kappa shape index (κ1) is 24.6. The molecule has 3 aliphatic rings. The highest BCUT2D eigenvalue weighted by Crippen LogP contribution is 2.60. The van der Waals surface area contributed by atoms with Gasteiger partial charge in [0.25, 0.3) is 0 Å². The summed E-state index contributed by atoms with van der Waals surface area (Å²) in [6.07, 6.45) is 3.12. The second-order valence-corrected chi connectivity index (χ2v) is 13.2. The molecular formula is C26H31ClN2O5S. The molecule has 2 aromatic rings. The van der Waals surface area contributed by atoms with Crippen molar-refractivity contribution < 1.29 is 23.8 Å². The third kappa shape index (κ3) is 4.70. The van der Waals surface area contributed by atoms with Crippen molar-refractivity contribution in [1.29, 1.82) is 0 Å². The van der Waals surface area contributed by atoms with Crippen LogP contribution in [0.15, 0.2) is 46.4 Å². The van der Waals surface area contributed by atoms with E-state index in [9.17, 15) is 13.9 Å². The van der Waals surface area contributed by atoms with E-state index in [0.717, 1.165) is 54.9 Å². The van der Waals surface area contributed by atoms with Crippen LogP contribution in [0.3, 0.4) is 0 Å². The molecule has 188 valence electrons. The number of rotatable bonds is 4. The zero-order chi connectivity index (χ0) is 25.0. The number of carbonyl (C=O) groups is 1. The number of oxime groups is 1. The Kier molecular flexibility index (Phi) is 6.17. The lowest BCUT2D eigenvalue weighted by Gasteiger charge is -2.45. The lowest BCUT2D eigenvalue weighted by Crippen LogP contribution is -2.44. The van der Waals surface area contributed by atoms with Gasteiger partial charge in [0.1, 0.15) is 5.60 Å². The molecule has 1 saturated heterocycles. The number of likely N-dealkylation sites (tertiary alicyclic amines) is 1. The Morgan fingerprint density at radius 2 is 1.83 bits per heavy atom. The Morgan fingerprint density at radius 1 is 1.14 bits per heavy atom. The number of halogens is 1. The van der Waals surface area contributed by atoms with Gasteiger partial charge in [-0.2, -0.15) is 10.6 Å². The van der Waals surface area contributed by atoms with Crippen LogP contribution in [0.25, 0.3) is 0 Å². The van der Waals surface area contributed by atoms with Crippen LogP contribution in [0, 0.1) is 0 Å². The molecule has 0 radical (unpaired) electrons. The highest BCUT2D eigenvalue weighted by molar-refractivity contribution is 8.24. The number of nitrogens with zero attached hydrogens (tertiary/aromatic N) is 2. The fourth-order valence-electron chi connectivity index (χ4n) is 5.34. The number of carboxylic acid groups (broad SMARTS) is 1. The van der Waals surface area contributed by atoms with E-state index in [1.165, 1.54) is 0 Å². The molecule has 3 aliphatic heterocycles. The molecule has 0 bridgehead atoms. The molecule has 7 nitrogen and oxygen atoms in total. The minimum absolute atomic E-state index is 0.156. The molecule has 0 aliphatic carbocycles. The maximum absolute atomic E-state index is 11.1. The van der Waals surface area contributed by atoms with Gasteiger partial charge in [0.15, 0.2) is 0 Å². The SMILES string of the molecule is CC1(C)CCS(O)(O)c2c(Cl)cc(CN3CCC4(CC3)CC(c3ccc(C(=O)O)cc3)=NO4)cc21. The number of aromatic carboxylic acids is 1. The average molecular weight is 519 g/mol. The number of hydrogen-bond donors (Lipinski definition) is 3. The minimum atomic E-state index is -2.85. The zero-order valence-corrected chi connectivity index (χ0v) is 21.5. The van der Waals surface area contributed by atoms with Crippen LogP contribution in [0.5, 0.6) is 0 Å². The van der Waals surface area contributed by atoms with E-state index < -0.39 is 16.6 Å². The first-order chi connectivity index (χ1) is 16.5. The number of benzene rings is 2. The molecule has 0 unspecified atom stereocenters. The summed E-state index contributed by atoms with van der Waals surface area (Å²) >= 11 is 6.59. The van der Waals surface area contributed by atoms with Crippen molar-refractivity contribution in [2.24, 2.45) is 5.16 Å².